The molecular formula is C24H19ClF2N2O3. The van der Waals surface area contributed by atoms with Crippen LogP contribution < -0.4 is 5.32 Å². The van der Waals surface area contributed by atoms with Gasteiger partial charge in [0.1, 0.15) is 11.6 Å². The Balaban J connectivity index is 1.60. The van der Waals surface area contributed by atoms with Crippen LogP contribution in [0.15, 0.2) is 66.7 Å². The van der Waals surface area contributed by atoms with Gasteiger partial charge in [-0.1, -0.05) is 29.8 Å². The summed E-state index contributed by atoms with van der Waals surface area (Å²) in [4.78, 5) is 12.6. The SMILES string of the molecule is O=C(NCc1ccc(F)cc1)c1ccc2c(c1)cc(C(O)O)n2Cc1ccc(Cl)c(F)c1. The topological polar surface area (TPSA) is 74.5 Å². The van der Waals surface area contributed by atoms with Gasteiger partial charge in [0.25, 0.3) is 5.91 Å². The van der Waals surface area contributed by atoms with Gasteiger partial charge in [-0.15, -0.1) is 0 Å². The van der Waals surface area contributed by atoms with Crippen LogP contribution >= 0.6 is 11.6 Å². The Morgan fingerprint density at radius 3 is 2.38 bits per heavy atom. The molecule has 0 aliphatic rings. The summed E-state index contributed by atoms with van der Waals surface area (Å²) < 4.78 is 28.5. The minimum Gasteiger partial charge on any atom is -0.363 e. The van der Waals surface area contributed by atoms with E-state index in [1.807, 2.05) is 0 Å². The summed E-state index contributed by atoms with van der Waals surface area (Å²) in [7, 11) is 0. The fraction of sp³-hybridized carbons (Fsp3) is 0.125. The predicted octanol–water partition coefficient (Wildman–Crippen LogP) is 4.53. The van der Waals surface area contributed by atoms with Crippen molar-refractivity contribution in [1.29, 1.82) is 0 Å². The van der Waals surface area contributed by atoms with Crippen LogP contribution in [-0.4, -0.2) is 20.7 Å². The van der Waals surface area contributed by atoms with Crippen LogP contribution in [0, 0.1) is 11.6 Å². The molecule has 4 aromatic rings. The Hall–Kier alpha value is -3.26. The number of hydrogen-bond donors (Lipinski definition) is 3. The summed E-state index contributed by atoms with van der Waals surface area (Å²) in [5, 5.41) is 23.0. The quantitative estimate of drug-likeness (QED) is 0.373. The van der Waals surface area contributed by atoms with E-state index >= 15 is 0 Å². The summed E-state index contributed by atoms with van der Waals surface area (Å²) in [6, 6.07) is 16.7. The first-order chi connectivity index (χ1) is 15.3. The molecule has 0 aliphatic carbocycles. The minimum atomic E-state index is -1.75. The molecule has 3 N–H and O–H groups in total. The molecule has 0 aliphatic heterocycles. The van der Waals surface area contributed by atoms with E-state index in [4.69, 9.17) is 11.6 Å². The molecule has 32 heavy (non-hydrogen) atoms. The molecule has 4 rings (SSSR count). The molecular weight excluding hydrogens is 438 g/mol. The molecule has 0 fully saturated rings. The Kier molecular flexibility index (Phi) is 6.23. The van der Waals surface area contributed by atoms with E-state index in [1.165, 1.54) is 24.3 Å². The summed E-state index contributed by atoms with van der Waals surface area (Å²) in [5.74, 6) is -1.24. The lowest BCUT2D eigenvalue weighted by Gasteiger charge is -2.13. The molecule has 0 radical (unpaired) electrons. The zero-order valence-electron chi connectivity index (χ0n) is 16.7. The lowest BCUT2D eigenvalue weighted by atomic mass is 10.1. The van der Waals surface area contributed by atoms with Crippen molar-refractivity contribution in [3.8, 4) is 0 Å². The molecule has 3 aromatic carbocycles. The first-order valence-electron chi connectivity index (χ1n) is 9.78. The van der Waals surface area contributed by atoms with Gasteiger partial charge in [0.2, 0.25) is 0 Å². The Morgan fingerprint density at radius 2 is 1.69 bits per heavy atom. The molecule has 8 heteroatoms. The molecule has 0 spiro atoms. The van der Waals surface area contributed by atoms with E-state index in [9.17, 15) is 23.8 Å². The average Bonchev–Trinajstić information content (AvgIpc) is 3.13. The molecule has 0 saturated carbocycles. The van der Waals surface area contributed by atoms with Crippen LogP contribution in [0.1, 0.15) is 33.5 Å². The van der Waals surface area contributed by atoms with Crippen molar-refractivity contribution < 1.29 is 23.8 Å². The highest BCUT2D eigenvalue weighted by Crippen LogP contribution is 2.27. The van der Waals surface area contributed by atoms with Gasteiger partial charge in [0.05, 0.1) is 10.7 Å². The van der Waals surface area contributed by atoms with Gasteiger partial charge in [-0.2, -0.15) is 0 Å². The number of amides is 1. The maximum atomic E-state index is 13.8. The Bertz CT molecular complexity index is 1290. The van der Waals surface area contributed by atoms with Gasteiger partial charge in [-0.05, 0) is 59.7 Å². The fourth-order valence-corrected chi connectivity index (χ4v) is 3.65. The van der Waals surface area contributed by atoms with Crippen LogP contribution in [0.4, 0.5) is 8.78 Å². The van der Waals surface area contributed by atoms with Gasteiger partial charge >= 0.3 is 0 Å². The highest BCUT2D eigenvalue weighted by molar-refractivity contribution is 6.30. The molecule has 0 unspecified atom stereocenters. The van der Waals surface area contributed by atoms with Gasteiger partial charge in [-0.3, -0.25) is 4.79 Å². The van der Waals surface area contributed by atoms with Crippen LogP contribution in [0.5, 0.6) is 0 Å². The van der Waals surface area contributed by atoms with E-state index in [0.717, 1.165) is 5.56 Å². The monoisotopic (exact) mass is 456 g/mol. The third-order valence-electron chi connectivity index (χ3n) is 5.15. The number of halogens is 3. The smallest absolute Gasteiger partial charge is 0.251 e. The van der Waals surface area contributed by atoms with Crippen molar-refractivity contribution in [2.75, 3.05) is 0 Å². The zero-order chi connectivity index (χ0) is 22.8. The molecule has 0 atom stereocenters. The van der Waals surface area contributed by atoms with Gasteiger partial charge in [0, 0.05) is 29.6 Å². The predicted molar refractivity (Wildman–Crippen MR) is 117 cm³/mol. The van der Waals surface area contributed by atoms with E-state index in [1.54, 1.807) is 47.0 Å². The van der Waals surface area contributed by atoms with Gasteiger partial charge in [0.15, 0.2) is 6.29 Å². The largest absolute Gasteiger partial charge is 0.363 e. The number of nitrogens with zero attached hydrogens (tertiary/aromatic N) is 1. The second kappa shape index (κ2) is 9.08. The first kappa shape index (κ1) is 22.0. The Labute approximate surface area is 187 Å². The number of rotatable bonds is 6. The summed E-state index contributed by atoms with van der Waals surface area (Å²) in [6.07, 6.45) is -1.75. The van der Waals surface area contributed by atoms with Crippen LogP contribution in [0.2, 0.25) is 5.02 Å². The highest BCUT2D eigenvalue weighted by Gasteiger charge is 2.17. The Morgan fingerprint density at radius 1 is 0.969 bits per heavy atom. The summed E-state index contributed by atoms with van der Waals surface area (Å²) in [6.45, 7) is 0.418. The lowest BCUT2D eigenvalue weighted by Crippen LogP contribution is -2.22. The van der Waals surface area contributed by atoms with Gasteiger partial charge < -0.3 is 20.1 Å². The first-order valence-corrected chi connectivity index (χ1v) is 10.2. The number of fused-ring (bicyclic) bond motifs is 1. The van der Waals surface area contributed by atoms with E-state index < -0.39 is 12.1 Å². The van der Waals surface area contributed by atoms with Crippen LogP contribution in [-0.2, 0) is 13.1 Å². The molecule has 1 amide bonds. The highest BCUT2D eigenvalue weighted by atomic mass is 35.5. The maximum absolute atomic E-state index is 13.8. The number of carbonyl (C=O) groups is 1. The summed E-state index contributed by atoms with van der Waals surface area (Å²) >= 11 is 5.74. The normalized spacial score (nSPS) is 11.3. The molecule has 164 valence electrons. The third kappa shape index (κ3) is 4.65. The number of aliphatic hydroxyl groups excluding tert-OH is 1. The number of aliphatic hydroxyl groups is 2. The second-order valence-electron chi connectivity index (χ2n) is 7.36. The van der Waals surface area contributed by atoms with Crippen molar-refractivity contribution in [2.45, 2.75) is 19.4 Å². The van der Waals surface area contributed by atoms with Crippen LogP contribution in [0.25, 0.3) is 10.9 Å². The van der Waals surface area contributed by atoms with Crippen LogP contribution in [0.3, 0.4) is 0 Å². The number of aromatic nitrogens is 1. The van der Waals surface area contributed by atoms with E-state index in [0.29, 0.717) is 22.0 Å². The van der Waals surface area contributed by atoms with E-state index in [-0.39, 0.29) is 35.5 Å². The second-order valence-corrected chi connectivity index (χ2v) is 7.77. The van der Waals surface area contributed by atoms with E-state index in [2.05, 4.69) is 5.32 Å². The average molecular weight is 457 g/mol. The third-order valence-corrected chi connectivity index (χ3v) is 5.46. The molecule has 0 bridgehead atoms. The van der Waals surface area contributed by atoms with Crippen molar-refractivity contribution in [3.63, 3.8) is 0 Å². The van der Waals surface area contributed by atoms with Crippen molar-refractivity contribution in [3.05, 3.63) is 106 Å². The molecule has 5 nitrogen and oxygen atoms in total. The van der Waals surface area contributed by atoms with Crippen molar-refractivity contribution in [2.24, 2.45) is 0 Å². The molecule has 0 saturated heterocycles. The van der Waals surface area contributed by atoms with Gasteiger partial charge in [-0.25, -0.2) is 8.78 Å². The molecule has 1 aromatic heterocycles. The molecule has 1 heterocycles. The number of hydrogen-bond acceptors (Lipinski definition) is 3. The summed E-state index contributed by atoms with van der Waals surface area (Å²) in [5.41, 5.74) is 2.59. The number of benzene rings is 3. The number of carbonyl (C=O) groups excluding carboxylic acids is 1. The maximum Gasteiger partial charge on any atom is 0.251 e. The van der Waals surface area contributed by atoms with Crippen molar-refractivity contribution in [1.82, 2.24) is 9.88 Å². The fourth-order valence-electron chi connectivity index (χ4n) is 3.53. The standard InChI is InChI=1S/C24H19ClF2N2O3/c25-19-7-3-15(9-20(19)27)13-29-21-8-4-16(10-17(21)11-22(29)24(31)32)23(30)28-12-14-1-5-18(26)6-2-14/h1-11,24,31-32H,12-13H2,(H,28,30). The zero-order valence-corrected chi connectivity index (χ0v) is 17.5. The number of nitrogens with one attached hydrogen (secondary N) is 1. The van der Waals surface area contributed by atoms with Crippen molar-refractivity contribution >= 4 is 28.4 Å². The lowest BCUT2D eigenvalue weighted by molar-refractivity contribution is -0.0478. The minimum absolute atomic E-state index is 0.00446.